The number of hydrogen-bond acceptors (Lipinski definition) is 3. The number of hydrogen-bond donors (Lipinski definition) is 0. The summed E-state index contributed by atoms with van der Waals surface area (Å²) in [6.07, 6.45) is 11.0. The quantitative estimate of drug-likeness (QED) is 0.656. The molecule has 2 fully saturated rings. The maximum atomic E-state index is 11.6. The Bertz CT molecular complexity index is 210. The molecule has 3 heteroatoms. The van der Waals surface area contributed by atoms with Crippen LogP contribution in [0.4, 0.5) is 0 Å². The Balaban J connectivity index is 1.93. The molecule has 16 heavy (non-hydrogen) atoms. The Morgan fingerprint density at radius 2 is 1.31 bits per heavy atom. The van der Waals surface area contributed by atoms with Crippen LogP contribution in [0.2, 0.25) is 0 Å². The fourth-order valence-corrected chi connectivity index (χ4v) is 5.27. The largest absolute Gasteiger partial charge is 0.298 e. The van der Waals surface area contributed by atoms with Crippen LogP contribution in [0.15, 0.2) is 0 Å². The van der Waals surface area contributed by atoms with Gasteiger partial charge in [-0.25, -0.2) is 0 Å². The number of Topliss-reactive ketones (excluding diaryl/α,β-unsaturated/α-hetero) is 1. The molecule has 0 spiro atoms. The minimum Gasteiger partial charge on any atom is -0.298 e. The zero-order valence-electron chi connectivity index (χ0n) is 9.95. The lowest BCUT2D eigenvalue weighted by Gasteiger charge is -2.26. The zero-order valence-corrected chi connectivity index (χ0v) is 11.6. The van der Waals surface area contributed by atoms with E-state index >= 15 is 0 Å². The first-order valence-corrected chi connectivity index (χ1v) is 8.69. The average molecular weight is 258 g/mol. The molecule has 1 aliphatic heterocycles. The van der Waals surface area contributed by atoms with Gasteiger partial charge < -0.3 is 0 Å². The van der Waals surface area contributed by atoms with E-state index in [0.29, 0.717) is 5.78 Å². The molecule has 1 nitrogen and oxygen atoms in total. The van der Waals surface area contributed by atoms with E-state index in [1.54, 1.807) is 0 Å². The van der Waals surface area contributed by atoms with Crippen LogP contribution in [0.1, 0.15) is 51.4 Å². The molecular formula is C13H22OS2. The van der Waals surface area contributed by atoms with Crippen LogP contribution in [0, 0.1) is 0 Å². The smallest absolute Gasteiger partial charge is 0.152 e. The molecule has 0 aromatic carbocycles. The van der Waals surface area contributed by atoms with Crippen molar-refractivity contribution in [1.29, 1.82) is 0 Å². The summed E-state index contributed by atoms with van der Waals surface area (Å²) >= 11 is 3.87. The fraction of sp³-hybridized carbons (Fsp3) is 0.923. The normalized spacial score (nSPS) is 33.9. The third-order valence-corrected chi connectivity index (χ3v) is 6.31. The lowest BCUT2D eigenvalue weighted by Crippen LogP contribution is -2.22. The summed E-state index contributed by atoms with van der Waals surface area (Å²) < 4.78 is 0. The fourth-order valence-electron chi connectivity index (χ4n) is 2.57. The standard InChI is InChI=1S/C13H22OS2/c14-11-9-15-12-6-4-2-1-3-5-7-13(8-12)16-10-11/h12-13H,1-10H2. The summed E-state index contributed by atoms with van der Waals surface area (Å²) in [5.41, 5.74) is 0. The van der Waals surface area contributed by atoms with Crippen molar-refractivity contribution < 1.29 is 4.79 Å². The SMILES string of the molecule is O=C1CSC2CCCCCCCC(C2)SC1. The average Bonchev–Trinajstić information content (AvgIpc) is 2.29. The van der Waals surface area contributed by atoms with Crippen LogP contribution in [-0.2, 0) is 4.79 Å². The molecule has 1 heterocycles. The van der Waals surface area contributed by atoms with Crippen LogP contribution >= 0.6 is 23.5 Å². The topological polar surface area (TPSA) is 17.1 Å². The van der Waals surface area contributed by atoms with E-state index < -0.39 is 0 Å². The third-order valence-electron chi connectivity index (χ3n) is 3.54. The minimum atomic E-state index is 0.460. The van der Waals surface area contributed by atoms with Crippen LogP contribution in [-0.4, -0.2) is 27.8 Å². The monoisotopic (exact) mass is 258 g/mol. The molecule has 0 radical (unpaired) electrons. The Hall–Kier alpha value is 0.370. The maximum Gasteiger partial charge on any atom is 0.152 e. The molecule has 1 saturated heterocycles. The van der Waals surface area contributed by atoms with E-state index in [0.717, 1.165) is 22.0 Å². The summed E-state index contributed by atoms with van der Waals surface area (Å²) in [5, 5.41) is 1.53. The van der Waals surface area contributed by atoms with Gasteiger partial charge in [0.2, 0.25) is 0 Å². The van der Waals surface area contributed by atoms with Gasteiger partial charge in [0.1, 0.15) is 0 Å². The van der Waals surface area contributed by atoms with E-state index in [2.05, 4.69) is 0 Å². The van der Waals surface area contributed by atoms with E-state index in [-0.39, 0.29) is 0 Å². The van der Waals surface area contributed by atoms with Crippen molar-refractivity contribution in [3.8, 4) is 0 Å². The number of fused-ring (bicyclic) bond motifs is 2. The second-order valence-electron chi connectivity index (χ2n) is 4.99. The number of rotatable bonds is 0. The van der Waals surface area contributed by atoms with E-state index in [1.807, 2.05) is 23.5 Å². The molecule has 1 aliphatic carbocycles. The number of ketones is 1. The Morgan fingerprint density at radius 3 is 1.88 bits per heavy atom. The molecule has 0 aromatic rings. The van der Waals surface area contributed by atoms with Crippen molar-refractivity contribution in [2.45, 2.75) is 61.9 Å². The van der Waals surface area contributed by atoms with Gasteiger partial charge in [-0.05, 0) is 19.3 Å². The van der Waals surface area contributed by atoms with Gasteiger partial charge in [-0.3, -0.25) is 4.79 Å². The third kappa shape index (κ3) is 4.33. The van der Waals surface area contributed by atoms with Gasteiger partial charge in [0.25, 0.3) is 0 Å². The van der Waals surface area contributed by atoms with Crippen molar-refractivity contribution in [2.75, 3.05) is 11.5 Å². The van der Waals surface area contributed by atoms with Crippen molar-refractivity contribution in [2.24, 2.45) is 0 Å². The molecule has 2 rings (SSSR count). The molecule has 2 bridgehead atoms. The van der Waals surface area contributed by atoms with Crippen molar-refractivity contribution in [1.82, 2.24) is 0 Å². The molecule has 1 saturated carbocycles. The van der Waals surface area contributed by atoms with Crippen LogP contribution in [0.3, 0.4) is 0 Å². The molecule has 2 aliphatic rings. The highest BCUT2D eigenvalue weighted by atomic mass is 32.2. The highest BCUT2D eigenvalue weighted by molar-refractivity contribution is 8.02. The number of carbonyl (C=O) groups excluding carboxylic acids is 1. The van der Waals surface area contributed by atoms with Crippen molar-refractivity contribution in [3.05, 3.63) is 0 Å². The second kappa shape index (κ2) is 6.95. The van der Waals surface area contributed by atoms with E-state index in [4.69, 9.17) is 0 Å². The highest BCUT2D eigenvalue weighted by Gasteiger charge is 2.22. The summed E-state index contributed by atoms with van der Waals surface area (Å²) in [4.78, 5) is 11.6. The van der Waals surface area contributed by atoms with Gasteiger partial charge in [-0.1, -0.05) is 32.1 Å². The lowest BCUT2D eigenvalue weighted by molar-refractivity contribution is -0.114. The predicted octanol–water partition coefficient (Wildman–Crippen LogP) is 3.91. The molecule has 0 N–H and O–H groups in total. The Labute approximate surface area is 108 Å². The van der Waals surface area contributed by atoms with E-state index in [1.165, 1.54) is 51.4 Å². The van der Waals surface area contributed by atoms with Crippen molar-refractivity contribution >= 4 is 29.3 Å². The van der Waals surface area contributed by atoms with Gasteiger partial charge in [-0.2, -0.15) is 23.5 Å². The van der Waals surface area contributed by atoms with Gasteiger partial charge in [0.15, 0.2) is 5.78 Å². The number of thioether (sulfide) groups is 2. The molecule has 0 aromatic heterocycles. The molecular weight excluding hydrogens is 236 g/mol. The first-order valence-electron chi connectivity index (χ1n) is 6.59. The number of carbonyl (C=O) groups is 1. The van der Waals surface area contributed by atoms with Crippen molar-refractivity contribution in [3.63, 3.8) is 0 Å². The van der Waals surface area contributed by atoms with Gasteiger partial charge in [-0.15, -0.1) is 0 Å². The molecule has 92 valence electrons. The van der Waals surface area contributed by atoms with Gasteiger partial charge >= 0.3 is 0 Å². The molecule has 2 unspecified atom stereocenters. The maximum absolute atomic E-state index is 11.6. The minimum absolute atomic E-state index is 0.460. The summed E-state index contributed by atoms with van der Waals surface area (Å²) in [7, 11) is 0. The lowest BCUT2D eigenvalue weighted by atomic mass is 10.0. The Morgan fingerprint density at radius 1 is 0.812 bits per heavy atom. The van der Waals surface area contributed by atoms with Crippen LogP contribution in [0.25, 0.3) is 0 Å². The summed E-state index contributed by atoms with van der Waals surface area (Å²) in [5.74, 6) is 2.00. The highest BCUT2D eigenvalue weighted by Crippen LogP contribution is 2.33. The molecule has 0 amide bonds. The van der Waals surface area contributed by atoms with Gasteiger partial charge in [0.05, 0.1) is 11.5 Å². The first kappa shape index (κ1) is 12.8. The summed E-state index contributed by atoms with van der Waals surface area (Å²) in [6, 6.07) is 0. The van der Waals surface area contributed by atoms with Crippen LogP contribution < -0.4 is 0 Å². The van der Waals surface area contributed by atoms with Gasteiger partial charge in [0, 0.05) is 10.5 Å². The second-order valence-corrected chi connectivity index (χ2v) is 7.56. The molecule has 2 atom stereocenters. The first-order chi connectivity index (χ1) is 7.84. The zero-order chi connectivity index (χ0) is 11.2. The predicted molar refractivity (Wildman–Crippen MR) is 74.4 cm³/mol. The Kier molecular flexibility index (Phi) is 5.57. The van der Waals surface area contributed by atoms with Crippen LogP contribution in [0.5, 0.6) is 0 Å². The summed E-state index contributed by atoms with van der Waals surface area (Å²) in [6.45, 7) is 0. The van der Waals surface area contributed by atoms with E-state index in [9.17, 15) is 4.79 Å².